The molecule has 1 aliphatic carbocycles. The fourth-order valence-corrected chi connectivity index (χ4v) is 6.42. The van der Waals surface area contributed by atoms with Crippen LogP contribution in [0.2, 0.25) is 0 Å². The molecule has 1 saturated carbocycles. The van der Waals surface area contributed by atoms with Gasteiger partial charge in [-0.1, -0.05) is 0 Å². The lowest BCUT2D eigenvalue weighted by Gasteiger charge is -2.38. The van der Waals surface area contributed by atoms with Crippen LogP contribution in [0.4, 0.5) is 11.4 Å². The summed E-state index contributed by atoms with van der Waals surface area (Å²) >= 11 is 0. The number of hydrogen-bond acceptors (Lipinski definition) is 7. The third-order valence-electron chi connectivity index (χ3n) is 8.71. The number of piperidine rings is 1. The molecule has 1 aromatic carbocycles. The van der Waals surface area contributed by atoms with Gasteiger partial charge in [0.15, 0.2) is 0 Å². The van der Waals surface area contributed by atoms with Crippen molar-refractivity contribution in [2.24, 2.45) is 11.3 Å². The van der Waals surface area contributed by atoms with Crippen molar-refractivity contribution in [3.8, 4) is 0 Å². The first-order chi connectivity index (χ1) is 17.0. The first-order valence-electron chi connectivity index (χ1n) is 13.5. The molecule has 7 heteroatoms. The molecule has 0 radical (unpaired) electrons. The highest BCUT2D eigenvalue weighted by Gasteiger charge is 2.44. The van der Waals surface area contributed by atoms with Crippen molar-refractivity contribution in [2.75, 3.05) is 57.2 Å². The Morgan fingerprint density at radius 2 is 1.69 bits per heavy atom. The van der Waals surface area contributed by atoms with E-state index in [4.69, 9.17) is 9.47 Å². The van der Waals surface area contributed by atoms with Crippen molar-refractivity contribution < 1.29 is 19.1 Å². The molecule has 0 amide bonds. The molecule has 0 atom stereocenters. The van der Waals surface area contributed by atoms with E-state index in [-0.39, 0.29) is 17.9 Å². The molecule has 2 heterocycles. The molecule has 1 aromatic rings. The largest absolute Gasteiger partial charge is 0.469 e. The summed E-state index contributed by atoms with van der Waals surface area (Å²) in [5.74, 6) is -0.439. The van der Waals surface area contributed by atoms with Crippen molar-refractivity contribution in [1.29, 1.82) is 0 Å². The maximum atomic E-state index is 12.7. The predicted octanol–water partition coefficient (Wildman–Crippen LogP) is 4.38. The number of nitrogens with zero attached hydrogens (tertiary/aromatic N) is 2. The van der Waals surface area contributed by atoms with Crippen LogP contribution in [-0.4, -0.2) is 69.8 Å². The zero-order chi connectivity index (χ0) is 24.8. The van der Waals surface area contributed by atoms with Crippen LogP contribution < -0.4 is 10.2 Å². The standard InChI is InChI=1S/C28H43N3O4/c1-21-20-24(31-18-10-23(11-19-31)30-16-4-5-17-30)6-7-25(21)29-15-14-28(27(33)35-3)12-8-22(9-13-28)26(32)34-2/h6-7,20,22-23,29H,4-5,8-19H2,1-3H3. The van der Waals surface area contributed by atoms with Crippen LogP contribution in [0.15, 0.2) is 18.2 Å². The second-order valence-electron chi connectivity index (χ2n) is 10.7. The monoisotopic (exact) mass is 485 g/mol. The van der Waals surface area contributed by atoms with Gasteiger partial charge < -0.3 is 24.6 Å². The van der Waals surface area contributed by atoms with Crippen molar-refractivity contribution in [1.82, 2.24) is 4.90 Å². The van der Waals surface area contributed by atoms with E-state index in [0.717, 1.165) is 24.8 Å². The van der Waals surface area contributed by atoms with E-state index in [2.05, 4.69) is 40.2 Å². The maximum absolute atomic E-state index is 12.7. The van der Waals surface area contributed by atoms with Crippen molar-refractivity contribution in [3.05, 3.63) is 23.8 Å². The summed E-state index contributed by atoms with van der Waals surface area (Å²) in [4.78, 5) is 29.8. The number of anilines is 2. The van der Waals surface area contributed by atoms with Gasteiger partial charge in [0, 0.05) is 37.1 Å². The summed E-state index contributed by atoms with van der Waals surface area (Å²) in [6.45, 7) is 7.67. The smallest absolute Gasteiger partial charge is 0.311 e. The number of hydrogen-bond donors (Lipinski definition) is 1. The van der Waals surface area contributed by atoms with Gasteiger partial charge in [0.1, 0.15) is 0 Å². The van der Waals surface area contributed by atoms with Crippen LogP contribution in [0.1, 0.15) is 63.4 Å². The summed E-state index contributed by atoms with van der Waals surface area (Å²) in [6.07, 6.45) is 8.59. The van der Waals surface area contributed by atoms with Crippen LogP contribution in [0, 0.1) is 18.3 Å². The molecule has 35 heavy (non-hydrogen) atoms. The normalized spacial score (nSPS) is 25.9. The number of carbonyl (C=O) groups is 2. The average molecular weight is 486 g/mol. The van der Waals surface area contributed by atoms with Crippen LogP contribution in [0.25, 0.3) is 0 Å². The van der Waals surface area contributed by atoms with Crippen molar-refractivity contribution in [3.63, 3.8) is 0 Å². The Balaban J connectivity index is 1.30. The minimum Gasteiger partial charge on any atom is -0.469 e. The highest BCUT2D eigenvalue weighted by molar-refractivity contribution is 5.78. The van der Waals surface area contributed by atoms with Crippen LogP contribution in [0.3, 0.4) is 0 Å². The lowest BCUT2D eigenvalue weighted by Crippen LogP contribution is -2.43. The van der Waals surface area contributed by atoms with Gasteiger partial charge >= 0.3 is 11.9 Å². The summed E-state index contributed by atoms with van der Waals surface area (Å²) in [7, 11) is 2.89. The van der Waals surface area contributed by atoms with Gasteiger partial charge in [0.25, 0.3) is 0 Å². The number of ether oxygens (including phenoxy) is 2. The van der Waals surface area contributed by atoms with Crippen molar-refractivity contribution >= 4 is 23.3 Å². The first kappa shape index (κ1) is 25.8. The zero-order valence-electron chi connectivity index (χ0n) is 21.8. The molecule has 2 saturated heterocycles. The fraction of sp³-hybridized carbons (Fsp3) is 0.714. The number of esters is 2. The van der Waals surface area contributed by atoms with Crippen LogP contribution in [0.5, 0.6) is 0 Å². The molecular formula is C28H43N3O4. The van der Waals surface area contributed by atoms with E-state index in [1.165, 1.54) is 64.2 Å². The number of benzene rings is 1. The van der Waals surface area contributed by atoms with Gasteiger partial charge in [-0.15, -0.1) is 0 Å². The Morgan fingerprint density at radius 3 is 2.29 bits per heavy atom. The van der Waals surface area contributed by atoms with E-state index < -0.39 is 5.41 Å². The van der Waals surface area contributed by atoms with Crippen molar-refractivity contribution in [2.45, 2.75) is 70.8 Å². The topological polar surface area (TPSA) is 71.1 Å². The number of rotatable bonds is 8. The van der Waals surface area contributed by atoms with E-state index in [1.807, 2.05) is 0 Å². The lowest BCUT2D eigenvalue weighted by atomic mass is 9.68. The number of likely N-dealkylation sites (tertiary alicyclic amines) is 1. The van der Waals surface area contributed by atoms with Gasteiger partial charge in [0.2, 0.25) is 0 Å². The van der Waals surface area contributed by atoms with E-state index in [1.54, 1.807) is 0 Å². The molecule has 0 spiro atoms. The molecule has 4 rings (SSSR count). The molecule has 3 fully saturated rings. The predicted molar refractivity (Wildman–Crippen MR) is 139 cm³/mol. The zero-order valence-corrected chi connectivity index (χ0v) is 21.8. The Bertz CT molecular complexity index is 867. The van der Waals surface area contributed by atoms with Gasteiger partial charge in [0.05, 0.1) is 25.6 Å². The Morgan fingerprint density at radius 1 is 1.00 bits per heavy atom. The van der Waals surface area contributed by atoms with Crippen LogP contribution in [-0.2, 0) is 19.1 Å². The van der Waals surface area contributed by atoms with Gasteiger partial charge in [-0.2, -0.15) is 0 Å². The number of carbonyl (C=O) groups excluding carboxylic acids is 2. The summed E-state index contributed by atoms with van der Waals surface area (Å²) in [5.41, 5.74) is 3.12. The highest BCUT2D eigenvalue weighted by Crippen LogP contribution is 2.43. The van der Waals surface area contributed by atoms with E-state index in [0.29, 0.717) is 38.6 Å². The van der Waals surface area contributed by atoms with Gasteiger partial charge in [-0.25, -0.2) is 0 Å². The maximum Gasteiger partial charge on any atom is 0.311 e. The molecule has 3 aliphatic rings. The average Bonchev–Trinajstić information content (AvgIpc) is 3.44. The highest BCUT2D eigenvalue weighted by atomic mass is 16.5. The SMILES string of the molecule is COC(=O)C1CCC(CCNc2ccc(N3CCC(N4CCCC4)CC3)cc2C)(C(=O)OC)CC1. The second kappa shape index (κ2) is 11.6. The molecule has 0 unspecified atom stereocenters. The second-order valence-corrected chi connectivity index (χ2v) is 10.7. The van der Waals surface area contributed by atoms with Crippen LogP contribution >= 0.6 is 0 Å². The van der Waals surface area contributed by atoms with E-state index >= 15 is 0 Å². The summed E-state index contributed by atoms with van der Waals surface area (Å²) < 4.78 is 10.1. The third kappa shape index (κ3) is 5.93. The minimum absolute atomic E-state index is 0.110. The lowest BCUT2D eigenvalue weighted by molar-refractivity contribution is -0.159. The minimum atomic E-state index is -0.528. The molecule has 0 bridgehead atoms. The Kier molecular flexibility index (Phi) is 8.58. The van der Waals surface area contributed by atoms with E-state index in [9.17, 15) is 9.59 Å². The number of methoxy groups -OCH3 is 2. The molecule has 1 N–H and O–H groups in total. The van der Waals surface area contributed by atoms with Gasteiger partial charge in [-0.3, -0.25) is 9.59 Å². The Labute approximate surface area is 210 Å². The Hall–Kier alpha value is -2.28. The molecule has 0 aromatic heterocycles. The number of nitrogens with one attached hydrogen (secondary N) is 1. The molecule has 2 aliphatic heterocycles. The fourth-order valence-electron chi connectivity index (χ4n) is 6.42. The summed E-state index contributed by atoms with van der Waals surface area (Å²) in [5, 5.41) is 3.56. The third-order valence-corrected chi connectivity index (χ3v) is 8.71. The van der Waals surface area contributed by atoms with Gasteiger partial charge in [-0.05, 0) is 102 Å². The molecular weight excluding hydrogens is 442 g/mol. The quantitative estimate of drug-likeness (QED) is 0.548. The molecule has 7 nitrogen and oxygen atoms in total. The first-order valence-corrected chi connectivity index (χ1v) is 13.5. The number of aryl methyl sites for hydroxylation is 1. The molecule has 194 valence electrons. The summed E-state index contributed by atoms with van der Waals surface area (Å²) in [6, 6.07) is 7.45.